The van der Waals surface area contributed by atoms with Crippen LogP contribution >= 0.6 is 0 Å². The molecule has 0 radical (unpaired) electrons. The number of hydrogen-bond acceptors (Lipinski definition) is 3. The Bertz CT molecular complexity index is 383. The second-order valence-electron chi connectivity index (χ2n) is 4.33. The van der Waals surface area contributed by atoms with E-state index in [1.165, 1.54) is 4.68 Å². The molecule has 1 aromatic rings. The first-order valence-corrected chi connectivity index (χ1v) is 5.37. The first kappa shape index (κ1) is 12.7. The Hall–Kier alpha value is -1.36. The lowest BCUT2D eigenvalue weighted by Gasteiger charge is -2.21. The van der Waals surface area contributed by atoms with Gasteiger partial charge in [-0.1, -0.05) is 6.92 Å². The average molecular weight is 225 g/mol. The molecule has 0 fully saturated rings. The van der Waals surface area contributed by atoms with Crippen LogP contribution in [-0.2, 0) is 7.05 Å². The quantitative estimate of drug-likeness (QED) is 0.789. The smallest absolute Gasteiger partial charge is 0.269 e. The van der Waals surface area contributed by atoms with E-state index in [-0.39, 0.29) is 12.5 Å². The molecular formula is C11H19N3O2. The molecule has 16 heavy (non-hydrogen) atoms. The third-order valence-electron chi connectivity index (χ3n) is 2.63. The number of rotatable bonds is 4. The number of aromatic nitrogens is 2. The SMILES string of the molecule is CCC(C)(O)CNC(=O)c1cc(C)nn1C. The predicted molar refractivity (Wildman–Crippen MR) is 61.2 cm³/mol. The molecule has 0 aliphatic carbocycles. The molecule has 1 amide bonds. The zero-order chi connectivity index (χ0) is 12.3. The number of aliphatic hydroxyl groups is 1. The van der Waals surface area contributed by atoms with Crippen LogP contribution in [0.15, 0.2) is 6.07 Å². The number of nitrogens with one attached hydrogen (secondary N) is 1. The number of amides is 1. The van der Waals surface area contributed by atoms with E-state index in [0.717, 1.165) is 5.69 Å². The monoisotopic (exact) mass is 225 g/mol. The lowest BCUT2D eigenvalue weighted by molar-refractivity contribution is 0.0516. The molecule has 0 saturated carbocycles. The molecule has 90 valence electrons. The first-order valence-electron chi connectivity index (χ1n) is 5.37. The van der Waals surface area contributed by atoms with E-state index < -0.39 is 5.60 Å². The Balaban J connectivity index is 2.63. The Labute approximate surface area is 95.5 Å². The van der Waals surface area contributed by atoms with E-state index in [9.17, 15) is 9.90 Å². The van der Waals surface area contributed by atoms with Crippen molar-refractivity contribution >= 4 is 5.91 Å². The number of nitrogens with zero attached hydrogens (tertiary/aromatic N) is 2. The van der Waals surface area contributed by atoms with Crippen molar-refractivity contribution in [2.45, 2.75) is 32.8 Å². The van der Waals surface area contributed by atoms with E-state index in [0.29, 0.717) is 12.1 Å². The molecular weight excluding hydrogens is 206 g/mol. The molecule has 0 aliphatic heterocycles. The fourth-order valence-electron chi connectivity index (χ4n) is 1.31. The summed E-state index contributed by atoms with van der Waals surface area (Å²) in [4.78, 5) is 11.8. The summed E-state index contributed by atoms with van der Waals surface area (Å²) in [6, 6.07) is 1.72. The van der Waals surface area contributed by atoms with Gasteiger partial charge >= 0.3 is 0 Å². The highest BCUT2D eigenvalue weighted by Gasteiger charge is 2.20. The molecule has 0 saturated heterocycles. The maximum absolute atomic E-state index is 11.8. The van der Waals surface area contributed by atoms with Crippen LogP contribution in [0.25, 0.3) is 0 Å². The van der Waals surface area contributed by atoms with Gasteiger partial charge in [0.05, 0.1) is 11.3 Å². The summed E-state index contributed by atoms with van der Waals surface area (Å²) in [5, 5.41) is 16.5. The number of carbonyl (C=O) groups is 1. The van der Waals surface area contributed by atoms with Crippen molar-refractivity contribution in [3.05, 3.63) is 17.5 Å². The summed E-state index contributed by atoms with van der Waals surface area (Å²) in [5.74, 6) is -0.211. The van der Waals surface area contributed by atoms with Crippen LogP contribution in [0.3, 0.4) is 0 Å². The lowest BCUT2D eigenvalue weighted by Crippen LogP contribution is -2.40. The summed E-state index contributed by atoms with van der Waals surface area (Å²) >= 11 is 0. The summed E-state index contributed by atoms with van der Waals surface area (Å²) in [5.41, 5.74) is 0.447. The van der Waals surface area contributed by atoms with Crippen molar-refractivity contribution in [3.8, 4) is 0 Å². The fourth-order valence-corrected chi connectivity index (χ4v) is 1.31. The van der Waals surface area contributed by atoms with Crippen molar-refractivity contribution in [1.82, 2.24) is 15.1 Å². The largest absolute Gasteiger partial charge is 0.388 e. The van der Waals surface area contributed by atoms with Crippen LogP contribution in [-0.4, -0.2) is 32.9 Å². The van der Waals surface area contributed by atoms with Crippen LogP contribution in [0.1, 0.15) is 36.5 Å². The molecule has 1 aromatic heterocycles. The number of aryl methyl sites for hydroxylation is 2. The highest BCUT2D eigenvalue weighted by molar-refractivity contribution is 5.92. The van der Waals surface area contributed by atoms with Gasteiger partial charge in [0.1, 0.15) is 5.69 Å². The molecule has 1 rings (SSSR count). The molecule has 5 heteroatoms. The van der Waals surface area contributed by atoms with E-state index >= 15 is 0 Å². The molecule has 1 unspecified atom stereocenters. The van der Waals surface area contributed by atoms with Crippen LogP contribution < -0.4 is 5.32 Å². The second-order valence-corrected chi connectivity index (χ2v) is 4.33. The minimum absolute atomic E-state index is 0.211. The zero-order valence-electron chi connectivity index (χ0n) is 10.2. The summed E-state index contributed by atoms with van der Waals surface area (Å²) in [6.45, 7) is 5.65. The maximum atomic E-state index is 11.8. The van der Waals surface area contributed by atoms with Crippen molar-refractivity contribution in [2.24, 2.45) is 7.05 Å². The van der Waals surface area contributed by atoms with Gasteiger partial charge in [0.2, 0.25) is 0 Å². The van der Waals surface area contributed by atoms with Crippen molar-refractivity contribution in [1.29, 1.82) is 0 Å². The Morgan fingerprint density at radius 3 is 2.75 bits per heavy atom. The van der Waals surface area contributed by atoms with E-state index in [2.05, 4.69) is 10.4 Å². The van der Waals surface area contributed by atoms with Gasteiger partial charge in [0, 0.05) is 13.6 Å². The van der Waals surface area contributed by atoms with E-state index in [1.54, 1.807) is 20.0 Å². The first-order chi connectivity index (χ1) is 7.35. The molecule has 0 bridgehead atoms. The van der Waals surface area contributed by atoms with E-state index in [1.807, 2.05) is 13.8 Å². The summed E-state index contributed by atoms with van der Waals surface area (Å²) in [7, 11) is 1.72. The molecule has 0 spiro atoms. The summed E-state index contributed by atoms with van der Waals surface area (Å²) in [6.07, 6.45) is 0.595. The minimum atomic E-state index is -0.858. The van der Waals surface area contributed by atoms with Gasteiger partial charge in [0.25, 0.3) is 5.91 Å². The topological polar surface area (TPSA) is 67.2 Å². The molecule has 0 aromatic carbocycles. The van der Waals surface area contributed by atoms with Gasteiger partial charge in [-0.25, -0.2) is 0 Å². The minimum Gasteiger partial charge on any atom is -0.388 e. The van der Waals surface area contributed by atoms with E-state index in [4.69, 9.17) is 0 Å². The van der Waals surface area contributed by atoms with Gasteiger partial charge in [0.15, 0.2) is 0 Å². The van der Waals surface area contributed by atoms with Gasteiger partial charge in [-0.3, -0.25) is 9.48 Å². The lowest BCUT2D eigenvalue weighted by atomic mass is 10.0. The van der Waals surface area contributed by atoms with Crippen LogP contribution in [0.4, 0.5) is 0 Å². The zero-order valence-corrected chi connectivity index (χ0v) is 10.2. The Morgan fingerprint density at radius 1 is 1.69 bits per heavy atom. The van der Waals surface area contributed by atoms with Crippen molar-refractivity contribution in [3.63, 3.8) is 0 Å². The standard InChI is InChI=1S/C11H19N3O2/c1-5-11(3,16)7-12-10(15)9-6-8(2)13-14(9)4/h6,16H,5,7H2,1-4H3,(H,12,15). The number of carbonyl (C=O) groups excluding carboxylic acids is 1. The molecule has 1 heterocycles. The van der Waals surface area contributed by atoms with Crippen LogP contribution in [0.5, 0.6) is 0 Å². The van der Waals surface area contributed by atoms with Crippen molar-refractivity contribution in [2.75, 3.05) is 6.54 Å². The van der Waals surface area contributed by atoms with Crippen LogP contribution in [0.2, 0.25) is 0 Å². The van der Waals surface area contributed by atoms with Crippen LogP contribution in [0, 0.1) is 6.92 Å². The predicted octanol–water partition coefficient (Wildman–Crippen LogP) is 0.619. The summed E-state index contributed by atoms with van der Waals surface area (Å²) < 4.78 is 1.53. The highest BCUT2D eigenvalue weighted by Crippen LogP contribution is 2.07. The third kappa shape index (κ3) is 3.06. The number of hydrogen-bond donors (Lipinski definition) is 2. The molecule has 0 aliphatic rings. The molecule has 5 nitrogen and oxygen atoms in total. The van der Waals surface area contributed by atoms with Crippen molar-refractivity contribution < 1.29 is 9.90 Å². The Kier molecular flexibility index (Phi) is 3.70. The maximum Gasteiger partial charge on any atom is 0.269 e. The average Bonchev–Trinajstić information content (AvgIpc) is 2.54. The van der Waals surface area contributed by atoms with Gasteiger partial charge in [-0.2, -0.15) is 5.10 Å². The molecule has 2 N–H and O–H groups in total. The molecule has 1 atom stereocenters. The van der Waals surface area contributed by atoms with Gasteiger partial charge < -0.3 is 10.4 Å². The Morgan fingerprint density at radius 2 is 2.31 bits per heavy atom. The highest BCUT2D eigenvalue weighted by atomic mass is 16.3. The normalized spacial score (nSPS) is 14.6. The van der Waals surface area contributed by atoms with Gasteiger partial charge in [-0.05, 0) is 26.3 Å². The fraction of sp³-hybridized carbons (Fsp3) is 0.636. The third-order valence-corrected chi connectivity index (χ3v) is 2.63. The van der Waals surface area contributed by atoms with Gasteiger partial charge in [-0.15, -0.1) is 0 Å². The second kappa shape index (κ2) is 4.65.